The molecule has 1 aliphatic heterocycles. The predicted molar refractivity (Wildman–Crippen MR) is 148 cm³/mol. The number of nitrogens with zero attached hydrogens (tertiary/aromatic N) is 6. The van der Waals surface area contributed by atoms with E-state index >= 15 is 0 Å². The Bertz CT molecular complexity index is 1720. The summed E-state index contributed by atoms with van der Waals surface area (Å²) in [5.41, 5.74) is 2.24. The van der Waals surface area contributed by atoms with Crippen LogP contribution in [0.25, 0.3) is 11.8 Å². The lowest BCUT2D eigenvalue weighted by atomic mass is 9.65. The molecule has 0 spiro atoms. The normalized spacial score (nSPS) is 18.9. The minimum atomic E-state index is -3.93. The number of halogens is 1. The Kier molecular flexibility index (Phi) is 6.35. The van der Waals surface area contributed by atoms with E-state index in [9.17, 15) is 17.6 Å². The highest BCUT2D eigenvalue weighted by Crippen LogP contribution is 2.47. The number of ketones is 1. The van der Waals surface area contributed by atoms with E-state index in [4.69, 9.17) is 0 Å². The molecule has 0 unspecified atom stereocenters. The third-order valence-electron chi connectivity index (χ3n) is 7.60. The van der Waals surface area contributed by atoms with Crippen molar-refractivity contribution >= 4 is 27.7 Å². The lowest BCUT2D eigenvalue weighted by Gasteiger charge is -2.44. The quantitative estimate of drug-likeness (QED) is 0.332. The van der Waals surface area contributed by atoms with Crippen LogP contribution in [0.2, 0.25) is 0 Å². The fourth-order valence-electron chi connectivity index (χ4n) is 5.49. The van der Waals surface area contributed by atoms with Crippen LogP contribution in [-0.2, 0) is 16.4 Å². The monoisotopic (exact) mass is 558 g/mol. The van der Waals surface area contributed by atoms with Crippen molar-refractivity contribution < 1.29 is 17.6 Å². The van der Waals surface area contributed by atoms with E-state index in [1.165, 1.54) is 22.6 Å². The molecule has 2 aliphatic rings. The van der Waals surface area contributed by atoms with E-state index in [2.05, 4.69) is 15.1 Å². The molecule has 0 amide bonds. The molecule has 0 bridgehead atoms. The first-order chi connectivity index (χ1) is 19.2. The maximum Gasteiger partial charge on any atom is 0.244 e. The van der Waals surface area contributed by atoms with Crippen LogP contribution in [0.1, 0.15) is 28.2 Å². The zero-order chi connectivity index (χ0) is 28.1. The van der Waals surface area contributed by atoms with E-state index in [0.29, 0.717) is 17.9 Å². The minimum Gasteiger partial charge on any atom is -0.363 e. The molecule has 6 rings (SSSR count). The van der Waals surface area contributed by atoms with Crippen molar-refractivity contribution in [1.82, 2.24) is 24.1 Å². The summed E-state index contributed by atoms with van der Waals surface area (Å²) >= 11 is 0. The van der Waals surface area contributed by atoms with Gasteiger partial charge in [0.05, 0.1) is 23.0 Å². The van der Waals surface area contributed by atoms with Crippen molar-refractivity contribution in [3.05, 3.63) is 102 Å². The van der Waals surface area contributed by atoms with Crippen LogP contribution >= 0.6 is 0 Å². The van der Waals surface area contributed by atoms with Gasteiger partial charge in [0.25, 0.3) is 0 Å². The standard InChI is InChI=1S/C29H27FN6O3S/c1-34(2)27-11-10-24(18-32-27)40(38,39)35-14-12-21-15-26-20(17-33-36(26)23-8-6-22(30)7-9-23)16-29(21,19-35)28(37)25-5-3-4-13-31-25/h3-11,13,15,17-18H,12,14,16,19H2,1-2H3/t29-/m0/s1. The molecule has 0 saturated carbocycles. The number of Topliss-reactive ketones (excluding diaryl/α,β-unsaturated/α-hetero) is 1. The highest BCUT2D eigenvalue weighted by Gasteiger charge is 2.51. The second kappa shape index (κ2) is 9.76. The van der Waals surface area contributed by atoms with Crippen LogP contribution < -0.4 is 4.90 Å². The van der Waals surface area contributed by atoms with E-state index < -0.39 is 15.4 Å². The van der Waals surface area contributed by atoms with Gasteiger partial charge in [-0.1, -0.05) is 11.6 Å². The number of benzene rings is 1. The Morgan fingerprint density at radius 1 is 1.02 bits per heavy atom. The van der Waals surface area contributed by atoms with Gasteiger partial charge in [0.15, 0.2) is 5.78 Å². The van der Waals surface area contributed by atoms with E-state index in [0.717, 1.165) is 16.8 Å². The Balaban J connectivity index is 1.42. The van der Waals surface area contributed by atoms with Crippen LogP contribution in [0.4, 0.5) is 10.2 Å². The number of anilines is 1. The molecule has 204 valence electrons. The van der Waals surface area contributed by atoms with E-state index in [1.807, 2.05) is 20.2 Å². The molecule has 3 aromatic heterocycles. The first kappa shape index (κ1) is 26.0. The number of rotatable bonds is 6. The van der Waals surface area contributed by atoms with Crippen LogP contribution in [0.3, 0.4) is 0 Å². The lowest BCUT2D eigenvalue weighted by Crippen LogP contribution is -2.53. The van der Waals surface area contributed by atoms with Crippen molar-refractivity contribution in [2.75, 3.05) is 32.1 Å². The molecule has 1 saturated heterocycles. The molecule has 0 radical (unpaired) electrons. The SMILES string of the molecule is CN(C)c1ccc(S(=O)(=O)N2CCC3=Cc4c(cnn4-c4ccc(F)cc4)C[C@]3(C(=O)c3ccccn3)C2)cn1. The summed E-state index contributed by atoms with van der Waals surface area (Å²) in [4.78, 5) is 24.7. The smallest absolute Gasteiger partial charge is 0.244 e. The fraction of sp³-hybridized carbons (Fsp3) is 0.241. The second-order valence-electron chi connectivity index (χ2n) is 10.3. The first-order valence-electron chi connectivity index (χ1n) is 12.8. The molecule has 11 heteroatoms. The Labute approximate surface area is 231 Å². The second-order valence-corrected chi connectivity index (χ2v) is 12.2. The molecular weight excluding hydrogens is 531 g/mol. The Hall–Kier alpha value is -4.22. The zero-order valence-electron chi connectivity index (χ0n) is 22.0. The van der Waals surface area contributed by atoms with Crippen LogP contribution in [0, 0.1) is 11.2 Å². The van der Waals surface area contributed by atoms with Crippen LogP contribution in [0.5, 0.6) is 0 Å². The van der Waals surface area contributed by atoms with Gasteiger partial charge in [0.1, 0.15) is 22.2 Å². The van der Waals surface area contributed by atoms with E-state index in [-0.39, 0.29) is 41.7 Å². The Morgan fingerprint density at radius 2 is 1.82 bits per heavy atom. The van der Waals surface area contributed by atoms with Gasteiger partial charge in [0, 0.05) is 39.6 Å². The van der Waals surface area contributed by atoms with Crippen molar-refractivity contribution in [1.29, 1.82) is 0 Å². The average molecular weight is 559 g/mol. The number of hydrogen-bond donors (Lipinski definition) is 0. The number of sulfonamides is 1. The average Bonchev–Trinajstić information content (AvgIpc) is 3.38. The number of hydrogen-bond acceptors (Lipinski definition) is 7. The van der Waals surface area contributed by atoms with Crippen molar-refractivity contribution in [3.8, 4) is 5.69 Å². The predicted octanol–water partition coefficient (Wildman–Crippen LogP) is 3.77. The number of carbonyl (C=O) groups excluding carboxylic acids is 1. The first-order valence-corrected chi connectivity index (χ1v) is 14.3. The topological polar surface area (TPSA) is 101 Å². The van der Waals surface area contributed by atoms with Gasteiger partial charge in [-0.2, -0.15) is 9.40 Å². The maximum atomic E-state index is 14.2. The van der Waals surface area contributed by atoms with Crippen molar-refractivity contribution in [3.63, 3.8) is 0 Å². The third kappa shape index (κ3) is 4.31. The van der Waals surface area contributed by atoms with Crippen molar-refractivity contribution in [2.45, 2.75) is 17.7 Å². The molecule has 1 aromatic carbocycles. The molecule has 40 heavy (non-hydrogen) atoms. The summed E-state index contributed by atoms with van der Waals surface area (Å²) < 4.78 is 44.2. The van der Waals surface area contributed by atoms with Gasteiger partial charge in [0.2, 0.25) is 10.0 Å². The highest BCUT2D eigenvalue weighted by atomic mass is 32.2. The summed E-state index contributed by atoms with van der Waals surface area (Å²) in [6.45, 7) is 0.175. The summed E-state index contributed by atoms with van der Waals surface area (Å²) in [6, 6.07) is 14.4. The fourth-order valence-corrected chi connectivity index (χ4v) is 6.94. The number of aromatic nitrogens is 4. The van der Waals surface area contributed by atoms with Gasteiger partial charge in [-0.3, -0.25) is 9.78 Å². The van der Waals surface area contributed by atoms with Gasteiger partial charge in [-0.25, -0.2) is 22.5 Å². The zero-order valence-corrected chi connectivity index (χ0v) is 22.8. The summed E-state index contributed by atoms with van der Waals surface area (Å²) in [5.74, 6) is 0.0614. The highest BCUT2D eigenvalue weighted by molar-refractivity contribution is 7.89. The number of carbonyl (C=O) groups is 1. The van der Waals surface area contributed by atoms with Gasteiger partial charge in [-0.15, -0.1) is 0 Å². The number of piperidine rings is 1. The van der Waals surface area contributed by atoms with Gasteiger partial charge >= 0.3 is 0 Å². The molecule has 4 heterocycles. The minimum absolute atomic E-state index is 0.0345. The number of pyridine rings is 2. The van der Waals surface area contributed by atoms with Gasteiger partial charge in [-0.05, 0) is 73.0 Å². The molecule has 4 aromatic rings. The van der Waals surface area contributed by atoms with Crippen LogP contribution in [0.15, 0.2) is 83.7 Å². The van der Waals surface area contributed by atoms with E-state index in [1.54, 1.807) is 64.4 Å². The van der Waals surface area contributed by atoms with Crippen molar-refractivity contribution in [2.24, 2.45) is 5.41 Å². The molecule has 1 aliphatic carbocycles. The lowest BCUT2D eigenvalue weighted by molar-refractivity contribution is 0.0770. The van der Waals surface area contributed by atoms with Crippen LogP contribution in [-0.4, -0.2) is 65.4 Å². The third-order valence-corrected chi connectivity index (χ3v) is 9.43. The summed E-state index contributed by atoms with van der Waals surface area (Å²) in [6.07, 6.45) is 7.16. The molecule has 1 atom stereocenters. The Morgan fingerprint density at radius 3 is 2.50 bits per heavy atom. The largest absolute Gasteiger partial charge is 0.363 e. The van der Waals surface area contributed by atoms with Gasteiger partial charge < -0.3 is 4.90 Å². The maximum absolute atomic E-state index is 14.2. The molecular formula is C29H27FN6O3S. The molecule has 0 N–H and O–H groups in total. The summed E-state index contributed by atoms with van der Waals surface area (Å²) in [7, 11) is -0.270. The molecule has 9 nitrogen and oxygen atoms in total. The molecule has 1 fully saturated rings. The summed E-state index contributed by atoms with van der Waals surface area (Å²) in [5, 5.41) is 4.54. The number of fused-ring (bicyclic) bond motifs is 2.